The molecule has 6 heteroatoms. The van der Waals surface area contributed by atoms with Gasteiger partial charge in [-0.2, -0.15) is 0 Å². The molecule has 1 atom stereocenters. The third-order valence-corrected chi connectivity index (χ3v) is 6.22. The van der Waals surface area contributed by atoms with E-state index in [1.54, 1.807) is 11.8 Å². The number of rotatable bonds is 9. The molecule has 0 fully saturated rings. The van der Waals surface area contributed by atoms with Crippen molar-refractivity contribution in [1.82, 2.24) is 5.32 Å². The number of nitrogens with one attached hydrogen (secondary N) is 1. The van der Waals surface area contributed by atoms with E-state index in [4.69, 9.17) is 16.3 Å². The van der Waals surface area contributed by atoms with Crippen molar-refractivity contribution >= 4 is 29.5 Å². The molecule has 2 rings (SSSR count). The maximum absolute atomic E-state index is 12.1. The second-order valence-electron chi connectivity index (χ2n) is 9.06. The maximum atomic E-state index is 12.1. The topological polar surface area (TPSA) is 58.6 Å². The summed E-state index contributed by atoms with van der Waals surface area (Å²) in [5.41, 5.74) is 1.06. The van der Waals surface area contributed by atoms with Gasteiger partial charge in [-0.05, 0) is 88.8 Å². The second kappa shape index (κ2) is 11.3. The van der Waals surface area contributed by atoms with Crippen LogP contribution in [0.4, 0.5) is 4.79 Å². The first-order valence-corrected chi connectivity index (χ1v) is 11.9. The van der Waals surface area contributed by atoms with E-state index in [0.29, 0.717) is 6.42 Å². The molecule has 0 bridgehead atoms. The smallest absolute Gasteiger partial charge is 0.408 e. The molecule has 1 amide bonds. The van der Waals surface area contributed by atoms with Gasteiger partial charge in [0.25, 0.3) is 0 Å². The van der Waals surface area contributed by atoms with Gasteiger partial charge in [-0.1, -0.05) is 48.5 Å². The lowest BCUT2D eigenvalue weighted by molar-refractivity contribution is 0.0404. The van der Waals surface area contributed by atoms with Crippen LogP contribution in [0.1, 0.15) is 58.6 Å². The minimum Gasteiger partial charge on any atom is -0.444 e. The number of hydrogen-bond acceptors (Lipinski definition) is 4. The van der Waals surface area contributed by atoms with Crippen LogP contribution >= 0.6 is 23.4 Å². The zero-order valence-electron chi connectivity index (χ0n) is 19.1. The van der Waals surface area contributed by atoms with E-state index in [-0.39, 0.29) is 6.61 Å². The summed E-state index contributed by atoms with van der Waals surface area (Å²) in [4.78, 5) is 14.4. The van der Waals surface area contributed by atoms with Gasteiger partial charge < -0.3 is 15.2 Å². The molecule has 0 aliphatic heterocycles. The van der Waals surface area contributed by atoms with Gasteiger partial charge in [-0.25, -0.2) is 4.79 Å². The van der Waals surface area contributed by atoms with Crippen molar-refractivity contribution in [1.29, 1.82) is 0 Å². The molecule has 0 saturated heterocycles. The molecule has 0 spiro atoms. The van der Waals surface area contributed by atoms with E-state index in [1.807, 2.05) is 33.8 Å². The number of benzene rings is 2. The van der Waals surface area contributed by atoms with Crippen molar-refractivity contribution in [3.63, 3.8) is 0 Å². The highest BCUT2D eigenvalue weighted by molar-refractivity contribution is 7.99. The summed E-state index contributed by atoms with van der Waals surface area (Å²) in [6.07, 6.45) is 2.65. The summed E-state index contributed by atoms with van der Waals surface area (Å²) in [6.45, 7) is 9.25. The summed E-state index contributed by atoms with van der Waals surface area (Å²) in [5.74, 6) is 0. The number of aryl methyl sites for hydroxylation is 2. The molecule has 0 saturated carbocycles. The van der Waals surface area contributed by atoms with Crippen molar-refractivity contribution in [3.8, 4) is 0 Å². The maximum Gasteiger partial charge on any atom is 0.408 e. The Morgan fingerprint density at radius 1 is 1.13 bits per heavy atom. The summed E-state index contributed by atoms with van der Waals surface area (Å²) in [7, 11) is 0. The fourth-order valence-corrected chi connectivity index (χ4v) is 4.44. The predicted molar refractivity (Wildman–Crippen MR) is 129 cm³/mol. The molecule has 4 nitrogen and oxygen atoms in total. The minimum atomic E-state index is -0.741. The van der Waals surface area contributed by atoms with Crippen LogP contribution in [0.25, 0.3) is 0 Å². The van der Waals surface area contributed by atoms with Crippen LogP contribution in [0.3, 0.4) is 0 Å². The Balaban J connectivity index is 1.93. The number of hydrogen-bond donors (Lipinski definition) is 2. The molecule has 0 aromatic heterocycles. The summed E-state index contributed by atoms with van der Waals surface area (Å²) >= 11 is 8.25. The molecular formula is C25H34ClNO3S. The van der Waals surface area contributed by atoms with Gasteiger partial charge in [-0.3, -0.25) is 0 Å². The number of carbonyl (C=O) groups is 1. The molecule has 0 aliphatic rings. The third-order valence-electron chi connectivity index (χ3n) is 4.89. The number of aliphatic hydroxyl groups excluding tert-OH is 1. The largest absolute Gasteiger partial charge is 0.444 e. The van der Waals surface area contributed by atoms with Crippen LogP contribution in [0.5, 0.6) is 0 Å². The Bertz CT molecular complexity index is 881. The van der Waals surface area contributed by atoms with Gasteiger partial charge in [0.2, 0.25) is 0 Å². The van der Waals surface area contributed by atoms with Crippen LogP contribution in [0, 0.1) is 0 Å². The highest BCUT2D eigenvalue weighted by Crippen LogP contribution is 2.32. The Hall–Kier alpha value is -1.69. The molecule has 2 aromatic rings. The van der Waals surface area contributed by atoms with Gasteiger partial charge in [0.1, 0.15) is 5.60 Å². The Labute approximate surface area is 195 Å². The lowest BCUT2D eigenvalue weighted by Crippen LogP contribution is -2.50. The highest BCUT2D eigenvalue weighted by atomic mass is 35.5. The van der Waals surface area contributed by atoms with E-state index in [2.05, 4.69) is 48.6 Å². The van der Waals surface area contributed by atoms with E-state index in [0.717, 1.165) is 34.7 Å². The number of alkyl carbamates (subject to hydrolysis) is 1. The second-order valence-corrected chi connectivity index (χ2v) is 10.6. The highest BCUT2D eigenvalue weighted by Gasteiger charge is 2.28. The van der Waals surface area contributed by atoms with Crippen LogP contribution in [0.15, 0.2) is 52.3 Å². The van der Waals surface area contributed by atoms with Crippen LogP contribution < -0.4 is 5.32 Å². The molecule has 31 heavy (non-hydrogen) atoms. The predicted octanol–water partition coefficient (Wildman–Crippen LogP) is 6.65. The lowest BCUT2D eigenvalue weighted by atomic mass is 9.94. The number of ether oxygens (including phenoxy) is 1. The van der Waals surface area contributed by atoms with Crippen molar-refractivity contribution in [2.75, 3.05) is 6.61 Å². The van der Waals surface area contributed by atoms with Crippen molar-refractivity contribution in [2.45, 2.75) is 81.2 Å². The van der Waals surface area contributed by atoms with E-state index in [1.165, 1.54) is 10.5 Å². The molecular weight excluding hydrogens is 430 g/mol. The molecule has 2 N–H and O–H groups in total. The first kappa shape index (κ1) is 25.6. The fraction of sp³-hybridized carbons (Fsp3) is 0.480. The lowest BCUT2D eigenvalue weighted by Gasteiger charge is -2.30. The molecule has 0 aliphatic carbocycles. The van der Waals surface area contributed by atoms with E-state index in [9.17, 15) is 9.90 Å². The molecule has 170 valence electrons. The normalized spacial score (nSPS) is 13.5. The first-order valence-electron chi connectivity index (χ1n) is 10.7. The molecule has 0 unspecified atom stereocenters. The summed E-state index contributed by atoms with van der Waals surface area (Å²) < 4.78 is 5.31. The molecule has 0 radical (unpaired) electrons. The SMILES string of the molecule is CCc1cccc(Sc2ccc(CCC[C@](C)(CO)NC(=O)OC(C)(C)C)c(Cl)c2)c1. The molecule has 2 aromatic carbocycles. The average Bonchev–Trinajstić information content (AvgIpc) is 2.68. The summed E-state index contributed by atoms with van der Waals surface area (Å²) in [5, 5.41) is 13.3. The van der Waals surface area contributed by atoms with Gasteiger partial charge in [-0.15, -0.1) is 0 Å². The number of carbonyl (C=O) groups excluding carboxylic acids is 1. The number of aliphatic hydroxyl groups is 1. The Morgan fingerprint density at radius 3 is 2.45 bits per heavy atom. The van der Waals surface area contributed by atoms with Crippen molar-refractivity contribution < 1.29 is 14.6 Å². The first-order chi connectivity index (χ1) is 14.5. The van der Waals surface area contributed by atoms with Gasteiger partial charge >= 0.3 is 6.09 Å². The monoisotopic (exact) mass is 463 g/mol. The van der Waals surface area contributed by atoms with Gasteiger partial charge in [0.05, 0.1) is 12.1 Å². The minimum absolute atomic E-state index is 0.160. The average molecular weight is 464 g/mol. The van der Waals surface area contributed by atoms with E-state index < -0.39 is 17.2 Å². The van der Waals surface area contributed by atoms with Crippen molar-refractivity contribution in [2.24, 2.45) is 0 Å². The van der Waals surface area contributed by atoms with Crippen LogP contribution in [-0.4, -0.2) is 28.9 Å². The number of amides is 1. The van der Waals surface area contributed by atoms with Crippen LogP contribution in [0.2, 0.25) is 5.02 Å². The van der Waals surface area contributed by atoms with Crippen LogP contribution in [-0.2, 0) is 17.6 Å². The van der Waals surface area contributed by atoms with E-state index >= 15 is 0 Å². The zero-order chi connectivity index (χ0) is 23.1. The van der Waals surface area contributed by atoms with Crippen molar-refractivity contribution in [3.05, 3.63) is 58.6 Å². The Kier molecular flexibility index (Phi) is 9.28. The van der Waals surface area contributed by atoms with Gasteiger partial charge in [0.15, 0.2) is 0 Å². The fourth-order valence-electron chi connectivity index (χ4n) is 3.16. The quantitative estimate of drug-likeness (QED) is 0.437. The summed E-state index contributed by atoms with van der Waals surface area (Å²) in [6, 6.07) is 14.7. The molecule has 0 heterocycles. The Morgan fingerprint density at radius 2 is 1.84 bits per heavy atom. The standard InChI is InChI=1S/C25H34ClNO3S/c1-6-18-9-7-11-20(15-18)31-21-13-12-19(22(26)16-21)10-8-14-25(5,17-28)27-23(29)30-24(2,3)4/h7,9,11-13,15-16,28H,6,8,10,14,17H2,1-5H3,(H,27,29)/t25-/m1/s1. The van der Waals surface area contributed by atoms with Gasteiger partial charge in [0, 0.05) is 14.8 Å². The zero-order valence-corrected chi connectivity index (χ0v) is 20.7. The number of halogens is 1. The third kappa shape index (κ3) is 8.76.